The van der Waals surface area contributed by atoms with Crippen LogP contribution in [0, 0.1) is 0 Å². The van der Waals surface area contributed by atoms with Crippen LogP contribution < -0.4 is 0 Å². The topological polar surface area (TPSA) is 0 Å². The van der Waals surface area contributed by atoms with Gasteiger partial charge in [-0.3, -0.25) is 0 Å². The highest BCUT2D eigenvalue weighted by Crippen LogP contribution is 1.79. The van der Waals surface area contributed by atoms with E-state index in [1.54, 1.807) is 0 Å². The monoisotopic (exact) mass is 82.1 g/mol. The maximum absolute atomic E-state index is 2.18. The van der Waals surface area contributed by atoms with Crippen molar-refractivity contribution in [2.24, 2.45) is 0 Å². The van der Waals surface area contributed by atoms with Crippen LogP contribution in [0.3, 0.4) is 0 Å². The van der Waals surface area contributed by atoms with Crippen LogP contribution in [0.4, 0.5) is 0 Å². The van der Waals surface area contributed by atoms with Gasteiger partial charge < -0.3 is 0 Å². The highest BCUT2D eigenvalue weighted by molar-refractivity contribution is 6.09. The molecule has 0 heterocycles. The van der Waals surface area contributed by atoms with E-state index in [4.69, 9.17) is 0 Å². The van der Waals surface area contributed by atoms with E-state index in [9.17, 15) is 0 Å². The molecular formula is C5H11B. The molecule has 0 aliphatic rings. The lowest BCUT2D eigenvalue weighted by molar-refractivity contribution is 1.22. The van der Waals surface area contributed by atoms with Crippen molar-refractivity contribution in [2.75, 3.05) is 0 Å². The van der Waals surface area contributed by atoms with E-state index in [1.165, 1.54) is 12.7 Å². The quantitative estimate of drug-likeness (QED) is 0.344. The Bertz CT molecular complexity index is 33.2. The van der Waals surface area contributed by atoms with Gasteiger partial charge in [-0.2, -0.15) is 0 Å². The molecule has 0 saturated heterocycles. The number of hydrogen-bond acceptors (Lipinski definition) is 0. The van der Waals surface area contributed by atoms with E-state index >= 15 is 0 Å². The molecule has 0 aromatic rings. The van der Waals surface area contributed by atoms with Crippen LogP contribution in [0.25, 0.3) is 0 Å². The third kappa shape index (κ3) is 3.80. The molecule has 1 heteroatoms. The molecule has 0 amide bonds. The molecule has 0 saturated carbocycles. The van der Waals surface area contributed by atoms with Crippen molar-refractivity contribution in [3.63, 3.8) is 0 Å². The van der Waals surface area contributed by atoms with Crippen LogP contribution in [0.1, 0.15) is 13.3 Å². The molecule has 0 aromatic carbocycles. The lowest BCUT2D eigenvalue weighted by atomic mass is 10.1. The van der Waals surface area contributed by atoms with Gasteiger partial charge in [-0.15, -0.1) is 0 Å². The van der Waals surface area contributed by atoms with Crippen molar-refractivity contribution in [3.8, 4) is 0 Å². The maximum atomic E-state index is 2.18. The van der Waals surface area contributed by atoms with E-state index < -0.39 is 0 Å². The number of allylic oxidation sites excluding steroid dienone is 2. The first-order chi connectivity index (χ1) is 2.91. The third-order valence-electron chi connectivity index (χ3n) is 0.638. The molecule has 0 unspecified atom stereocenters. The Morgan fingerprint density at radius 3 is 2.33 bits per heavy atom. The average Bonchev–Trinajstić information content (AvgIpc) is 1.61. The molecule has 0 aliphatic carbocycles. The van der Waals surface area contributed by atoms with Crippen LogP contribution >= 0.6 is 0 Å². The first-order valence-electron chi connectivity index (χ1n) is 2.56. The highest BCUT2D eigenvalue weighted by Gasteiger charge is 1.60. The molecule has 0 N–H and O–H groups in total. The second-order valence-corrected chi connectivity index (χ2v) is 1.29. The van der Waals surface area contributed by atoms with Crippen LogP contribution in [-0.4, -0.2) is 7.85 Å². The minimum absolute atomic E-state index is 1.17. The van der Waals surface area contributed by atoms with Gasteiger partial charge in [-0.05, 0) is 6.42 Å². The van der Waals surface area contributed by atoms with Crippen molar-refractivity contribution >= 4 is 7.85 Å². The lowest BCUT2D eigenvalue weighted by Gasteiger charge is -1.72. The van der Waals surface area contributed by atoms with Crippen LogP contribution in [0.5, 0.6) is 0 Å². The van der Waals surface area contributed by atoms with Crippen LogP contribution in [0.15, 0.2) is 12.2 Å². The molecule has 6 heavy (non-hydrogen) atoms. The predicted octanol–water partition coefficient (Wildman–Crippen LogP) is 1.00. The van der Waals surface area contributed by atoms with Gasteiger partial charge >= 0.3 is 0 Å². The van der Waals surface area contributed by atoms with Gasteiger partial charge in [0.15, 0.2) is 0 Å². The van der Waals surface area contributed by atoms with E-state index in [2.05, 4.69) is 26.9 Å². The van der Waals surface area contributed by atoms with Crippen molar-refractivity contribution in [1.82, 2.24) is 0 Å². The first kappa shape index (κ1) is 5.80. The predicted molar refractivity (Wildman–Crippen MR) is 32.8 cm³/mol. The van der Waals surface area contributed by atoms with Crippen LogP contribution in [-0.2, 0) is 0 Å². The fourth-order valence-corrected chi connectivity index (χ4v) is 0.333. The summed E-state index contributed by atoms with van der Waals surface area (Å²) in [7, 11) is 2.14. The van der Waals surface area contributed by atoms with Crippen molar-refractivity contribution in [3.05, 3.63) is 12.2 Å². The average molecular weight is 82.0 g/mol. The Labute approximate surface area is 40.7 Å². The molecule has 34 valence electrons. The van der Waals surface area contributed by atoms with E-state index in [-0.39, 0.29) is 0 Å². The van der Waals surface area contributed by atoms with Crippen molar-refractivity contribution in [2.45, 2.75) is 19.7 Å². The Balaban J connectivity index is 2.73. The highest BCUT2D eigenvalue weighted by atomic mass is 13.6. The molecule has 0 spiro atoms. The van der Waals surface area contributed by atoms with E-state index in [1.807, 2.05) is 0 Å². The summed E-state index contributed by atoms with van der Waals surface area (Å²) in [4.78, 5) is 0. The summed E-state index contributed by atoms with van der Waals surface area (Å²) in [6.45, 7) is 2.14. The molecule has 0 fully saturated rings. The fourth-order valence-electron chi connectivity index (χ4n) is 0.333. The van der Waals surface area contributed by atoms with Gasteiger partial charge in [-0.1, -0.05) is 25.4 Å². The molecule has 0 nitrogen and oxygen atoms in total. The maximum Gasteiger partial charge on any atom is 0.106 e. The third-order valence-corrected chi connectivity index (χ3v) is 0.638. The van der Waals surface area contributed by atoms with Gasteiger partial charge in [0.2, 0.25) is 0 Å². The summed E-state index contributed by atoms with van der Waals surface area (Å²) in [5.74, 6) is 0. The molecule has 0 atom stereocenters. The second-order valence-electron chi connectivity index (χ2n) is 1.29. The Morgan fingerprint density at radius 2 is 2.17 bits per heavy atom. The second kappa shape index (κ2) is 4.80. The Morgan fingerprint density at radius 1 is 1.50 bits per heavy atom. The number of rotatable bonds is 2. The van der Waals surface area contributed by atoms with Gasteiger partial charge in [-0.25, -0.2) is 0 Å². The molecule has 0 aromatic heterocycles. The normalized spacial score (nSPS) is 10.2. The zero-order chi connectivity index (χ0) is 4.83. The Kier molecular flexibility index (Phi) is 4.65. The van der Waals surface area contributed by atoms with Gasteiger partial charge in [0.05, 0.1) is 0 Å². The Hall–Kier alpha value is -0.195. The van der Waals surface area contributed by atoms with Gasteiger partial charge in [0, 0.05) is 0 Å². The SMILES string of the molecule is BC/C=C/CC. The molecule has 0 bridgehead atoms. The van der Waals surface area contributed by atoms with Crippen LogP contribution in [0.2, 0.25) is 6.32 Å². The zero-order valence-electron chi connectivity index (χ0n) is 4.57. The van der Waals surface area contributed by atoms with E-state index in [0.29, 0.717) is 0 Å². The summed E-state index contributed by atoms with van der Waals surface area (Å²) >= 11 is 0. The summed E-state index contributed by atoms with van der Waals surface area (Å²) in [6.07, 6.45) is 6.71. The van der Waals surface area contributed by atoms with Crippen molar-refractivity contribution < 1.29 is 0 Å². The minimum atomic E-state index is 1.17. The standard InChI is InChI=1S/C5H11B/c1-2-3-4-5-6/h3-4H,2,5-6H2,1H3/b4-3+. The molecule has 0 radical (unpaired) electrons. The zero-order valence-corrected chi connectivity index (χ0v) is 4.57. The largest absolute Gasteiger partial charge is 0.106 e. The van der Waals surface area contributed by atoms with Crippen molar-refractivity contribution in [1.29, 1.82) is 0 Å². The minimum Gasteiger partial charge on any atom is -0.0964 e. The lowest BCUT2D eigenvalue weighted by Crippen LogP contribution is -1.55. The summed E-state index contributed by atoms with van der Waals surface area (Å²) in [6, 6.07) is 0. The smallest absolute Gasteiger partial charge is 0.0964 e. The fraction of sp³-hybridized carbons (Fsp3) is 0.600. The summed E-state index contributed by atoms with van der Waals surface area (Å²) < 4.78 is 0. The van der Waals surface area contributed by atoms with Gasteiger partial charge in [0.1, 0.15) is 7.85 Å². The summed E-state index contributed by atoms with van der Waals surface area (Å²) in [5, 5.41) is 0. The first-order valence-corrected chi connectivity index (χ1v) is 2.56. The number of hydrogen-bond donors (Lipinski definition) is 0. The molecular weight excluding hydrogens is 70.9 g/mol. The van der Waals surface area contributed by atoms with Gasteiger partial charge in [0.25, 0.3) is 0 Å². The molecule has 0 aliphatic heterocycles. The van der Waals surface area contributed by atoms with E-state index in [0.717, 1.165) is 0 Å². The summed E-state index contributed by atoms with van der Waals surface area (Å²) in [5.41, 5.74) is 0. The molecule has 0 rings (SSSR count).